The Labute approximate surface area is 132 Å². The van der Waals surface area contributed by atoms with Gasteiger partial charge in [-0.15, -0.1) is 11.3 Å². The summed E-state index contributed by atoms with van der Waals surface area (Å²) in [5.74, 6) is -0.228. The van der Waals surface area contributed by atoms with E-state index >= 15 is 0 Å². The van der Waals surface area contributed by atoms with Gasteiger partial charge in [0, 0.05) is 16.8 Å². The average molecular weight is 319 g/mol. The molecule has 116 valence electrons. The van der Waals surface area contributed by atoms with Crippen LogP contribution in [0.25, 0.3) is 0 Å². The summed E-state index contributed by atoms with van der Waals surface area (Å²) in [5.41, 5.74) is 3.59. The van der Waals surface area contributed by atoms with E-state index in [4.69, 9.17) is 0 Å². The Morgan fingerprint density at radius 1 is 1.41 bits per heavy atom. The molecule has 0 unspecified atom stereocenters. The normalized spacial score (nSPS) is 15.4. The summed E-state index contributed by atoms with van der Waals surface area (Å²) in [6.07, 6.45) is 1.95. The van der Waals surface area contributed by atoms with Crippen molar-refractivity contribution >= 4 is 17.4 Å². The maximum absolute atomic E-state index is 13.3. The van der Waals surface area contributed by atoms with Crippen LogP contribution < -0.4 is 10.6 Å². The summed E-state index contributed by atoms with van der Waals surface area (Å²) in [7, 11) is 0. The molecule has 1 aliphatic carbocycles. The molecular formula is C16H18FN3OS. The second-order valence-corrected chi connectivity index (χ2v) is 6.63. The minimum Gasteiger partial charge on any atom is -0.337 e. The number of carbonyl (C=O) groups excluding carboxylic acids is 1. The molecule has 1 aliphatic rings. The third-order valence-electron chi connectivity index (χ3n) is 4.13. The van der Waals surface area contributed by atoms with Crippen LogP contribution in [0.15, 0.2) is 29.8 Å². The highest BCUT2D eigenvalue weighted by Crippen LogP contribution is 2.47. The molecule has 0 aliphatic heterocycles. The van der Waals surface area contributed by atoms with Crippen molar-refractivity contribution in [3.63, 3.8) is 0 Å². The SMILES string of the molecule is Cc1ncsc1CNC(=O)NCC1(c2cccc(F)c2)CC1. The monoisotopic (exact) mass is 319 g/mol. The molecule has 0 saturated heterocycles. The zero-order chi connectivity index (χ0) is 15.6. The number of thiazole rings is 1. The topological polar surface area (TPSA) is 54.0 Å². The van der Waals surface area contributed by atoms with E-state index in [2.05, 4.69) is 15.6 Å². The Balaban J connectivity index is 1.52. The van der Waals surface area contributed by atoms with Crippen LogP contribution in [-0.2, 0) is 12.0 Å². The summed E-state index contributed by atoms with van der Waals surface area (Å²) < 4.78 is 13.3. The van der Waals surface area contributed by atoms with Gasteiger partial charge in [0.05, 0.1) is 17.7 Å². The predicted octanol–water partition coefficient (Wildman–Crippen LogP) is 3.12. The Hall–Kier alpha value is -1.95. The summed E-state index contributed by atoms with van der Waals surface area (Å²) in [4.78, 5) is 17.1. The van der Waals surface area contributed by atoms with Crippen molar-refractivity contribution < 1.29 is 9.18 Å². The molecule has 2 aromatic rings. The molecule has 3 rings (SSSR count). The highest BCUT2D eigenvalue weighted by atomic mass is 32.1. The largest absolute Gasteiger partial charge is 0.337 e. The minimum atomic E-state index is -0.228. The third kappa shape index (κ3) is 3.27. The molecule has 0 spiro atoms. The van der Waals surface area contributed by atoms with Gasteiger partial charge in [0.2, 0.25) is 0 Å². The molecule has 1 fully saturated rings. The number of amides is 2. The number of aromatic nitrogens is 1. The molecule has 4 nitrogen and oxygen atoms in total. The number of benzene rings is 1. The van der Waals surface area contributed by atoms with E-state index in [1.54, 1.807) is 17.6 Å². The van der Waals surface area contributed by atoms with Gasteiger partial charge in [0.25, 0.3) is 0 Å². The second kappa shape index (κ2) is 6.04. The van der Waals surface area contributed by atoms with Crippen molar-refractivity contribution in [2.75, 3.05) is 6.54 Å². The Morgan fingerprint density at radius 3 is 2.86 bits per heavy atom. The van der Waals surface area contributed by atoms with E-state index in [-0.39, 0.29) is 17.3 Å². The molecule has 1 aromatic carbocycles. The molecule has 22 heavy (non-hydrogen) atoms. The van der Waals surface area contributed by atoms with Gasteiger partial charge in [-0.2, -0.15) is 0 Å². The second-order valence-electron chi connectivity index (χ2n) is 5.69. The lowest BCUT2D eigenvalue weighted by molar-refractivity contribution is 0.239. The maximum Gasteiger partial charge on any atom is 0.315 e. The lowest BCUT2D eigenvalue weighted by atomic mass is 9.96. The maximum atomic E-state index is 13.3. The van der Waals surface area contributed by atoms with E-state index < -0.39 is 0 Å². The Kier molecular flexibility index (Phi) is 4.11. The summed E-state index contributed by atoms with van der Waals surface area (Å²) in [6, 6.07) is 6.45. The average Bonchev–Trinajstić information content (AvgIpc) is 3.20. The number of nitrogens with one attached hydrogen (secondary N) is 2. The molecule has 2 N–H and O–H groups in total. The molecule has 0 radical (unpaired) electrons. The van der Waals surface area contributed by atoms with Gasteiger partial charge in [-0.25, -0.2) is 14.2 Å². The van der Waals surface area contributed by atoms with Crippen LogP contribution in [0.1, 0.15) is 29.0 Å². The highest BCUT2D eigenvalue weighted by Gasteiger charge is 2.44. The van der Waals surface area contributed by atoms with E-state index in [1.165, 1.54) is 17.4 Å². The summed E-state index contributed by atoms with van der Waals surface area (Å²) in [6.45, 7) is 2.94. The molecule has 0 bridgehead atoms. The van der Waals surface area contributed by atoms with Gasteiger partial charge in [0.15, 0.2) is 0 Å². The number of carbonyl (C=O) groups is 1. The lowest BCUT2D eigenvalue weighted by Crippen LogP contribution is -2.39. The fourth-order valence-electron chi connectivity index (χ4n) is 2.51. The third-order valence-corrected chi connectivity index (χ3v) is 5.07. The molecule has 1 heterocycles. The van der Waals surface area contributed by atoms with Crippen molar-refractivity contribution in [2.24, 2.45) is 0 Å². The van der Waals surface area contributed by atoms with Crippen molar-refractivity contribution in [1.82, 2.24) is 15.6 Å². The van der Waals surface area contributed by atoms with Crippen LogP contribution in [0.3, 0.4) is 0 Å². The van der Waals surface area contributed by atoms with E-state index in [9.17, 15) is 9.18 Å². The minimum absolute atomic E-state index is 0.0974. The van der Waals surface area contributed by atoms with Crippen molar-refractivity contribution in [3.05, 3.63) is 51.7 Å². The molecule has 2 amide bonds. The van der Waals surface area contributed by atoms with Crippen LogP contribution in [-0.4, -0.2) is 17.6 Å². The number of halogens is 1. The summed E-state index contributed by atoms with van der Waals surface area (Å²) >= 11 is 1.53. The van der Waals surface area contributed by atoms with E-state index in [0.29, 0.717) is 13.1 Å². The fourth-order valence-corrected chi connectivity index (χ4v) is 3.22. The number of nitrogens with zero attached hydrogens (tertiary/aromatic N) is 1. The summed E-state index contributed by atoms with van der Waals surface area (Å²) in [5, 5.41) is 5.73. The van der Waals surface area contributed by atoms with Gasteiger partial charge >= 0.3 is 6.03 Å². The Morgan fingerprint density at radius 2 is 2.23 bits per heavy atom. The first-order chi connectivity index (χ1) is 10.6. The van der Waals surface area contributed by atoms with Crippen molar-refractivity contribution in [1.29, 1.82) is 0 Å². The molecule has 6 heteroatoms. The zero-order valence-electron chi connectivity index (χ0n) is 12.4. The number of hydrogen-bond donors (Lipinski definition) is 2. The first-order valence-corrected chi connectivity index (χ1v) is 8.14. The van der Waals surface area contributed by atoms with Crippen molar-refractivity contribution in [3.8, 4) is 0 Å². The smallest absolute Gasteiger partial charge is 0.315 e. The molecule has 1 saturated carbocycles. The molecule has 1 aromatic heterocycles. The fraction of sp³-hybridized carbons (Fsp3) is 0.375. The number of aryl methyl sites for hydroxylation is 1. The van der Waals surface area contributed by atoms with Crippen LogP contribution in [0.2, 0.25) is 0 Å². The highest BCUT2D eigenvalue weighted by molar-refractivity contribution is 7.09. The number of rotatable bonds is 5. The molecular weight excluding hydrogens is 301 g/mol. The van der Waals surface area contributed by atoms with Crippen LogP contribution in [0.4, 0.5) is 9.18 Å². The first kappa shape index (κ1) is 15.0. The van der Waals surface area contributed by atoms with Crippen LogP contribution in [0.5, 0.6) is 0 Å². The lowest BCUT2D eigenvalue weighted by Gasteiger charge is -2.17. The zero-order valence-corrected chi connectivity index (χ0v) is 13.2. The van der Waals surface area contributed by atoms with Gasteiger partial charge in [-0.1, -0.05) is 12.1 Å². The van der Waals surface area contributed by atoms with Crippen LogP contribution >= 0.6 is 11.3 Å². The van der Waals surface area contributed by atoms with Gasteiger partial charge < -0.3 is 10.6 Å². The first-order valence-electron chi connectivity index (χ1n) is 7.26. The number of urea groups is 1. The van der Waals surface area contributed by atoms with Gasteiger partial charge in [0.1, 0.15) is 5.82 Å². The standard InChI is InChI=1S/C16H18FN3OS/c1-11-14(22-10-20-11)8-18-15(21)19-9-16(5-6-16)12-3-2-4-13(17)7-12/h2-4,7,10H,5-6,8-9H2,1H3,(H2,18,19,21). The quantitative estimate of drug-likeness (QED) is 0.889. The van der Waals surface area contributed by atoms with Gasteiger partial charge in [-0.05, 0) is 37.5 Å². The van der Waals surface area contributed by atoms with E-state index in [1.807, 2.05) is 13.0 Å². The predicted molar refractivity (Wildman–Crippen MR) is 84.4 cm³/mol. The van der Waals surface area contributed by atoms with E-state index in [0.717, 1.165) is 29.0 Å². The van der Waals surface area contributed by atoms with Gasteiger partial charge in [-0.3, -0.25) is 0 Å². The number of hydrogen-bond acceptors (Lipinski definition) is 3. The van der Waals surface area contributed by atoms with Crippen molar-refractivity contribution in [2.45, 2.75) is 31.7 Å². The van der Waals surface area contributed by atoms with Crippen LogP contribution in [0, 0.1) is 12.7 Å². The molecule has 0 atom stereocenters. The Bertz CT molecular complexity index is 682.